The number of halogens is 1. The van der Waals surface area contributed by atoms with E-state index in [1.807, 2.05) is 12.1 Å². The van der Waals surface area contributed by atoms with Crippen LogP contribution in [0.3, 0.4) is 0 Å². The number of carbonyl (C=O) groups excluding carboxylic acids is 2. The summed E-state index contributed by atoms with van der Waals surface area (Å²) >= 11 is 0. The van der Waals surface area contributed by atoms with Crippen molar-refractivity contribution in [1.82, 2.24) is 10.6 Å². The molecule has 0 spiro atoms. The normalized spacial score (nSPS) is 16.4. The quantitative estimate of drug-likeness (QED) is 0.318. The lowest BCUT2D eigenvalue weighted by Crippen LogP contribution is -2.25. The fraction of sp³-hybridized carbons (Fsp3) is 0.286. The highest BCUT2D eigenvalue weighted by Gasteiger charge is 2.38. The standard InChI is InChI=1S/C28H31FN4O3/c1-17(2)32-26-14-23(26)20-7-5-19(6-8-20)16-36-28(35)31-15-18-3-9-21(10-4-18)27(34)33-25-12-11-22(29)13-24(25)30/h3-13,17,23,26,32H,14-16,30H2,1-2H3,(H,31,35)(H,33,34)/t23-,26?/m1/s1. The lowest BCUT2D eigenvalue weighted by atomic mass is 10.1. The maximum atomic E-state index is 13.2. The first-order chi connectivity index (χ1) is 17.3. The molecular formula is C28H31FN4O3. The second kappa shape index (κ2) is 11.2. The third-order valence-corrected chi connectivity index (χ3v) is 6.03. The first-order valence-electron chi connectivity index (χ1n) is 12.0. The zero-order valence-corrected chi connectivity index (χ0v) is 20.4. The van der Waals surface area contributed by atoms with Crippen LogP contribution in [0.4, 0.5) is 20.6 Å². The second-order valence-corrected chi connectivity index (χ2v) is 9.32. The van der Waals surface area contributed by atoms with Crippen molar-refractivity contribution in [1.29, 1.82) is 0 Å². The molecule has 4 rings (SSSR count). The molecule has 188 valence electrons. The number of hydrogen-bond donors (Lipinski definition) is 4. The van der Waals surface area contributed by atoms with Gasteiger partial charge in [-0.25, -0.2) is 9.18 Å². The van der Waals surface area contributed by atoms with Gasteiger partial charge in [0.2, 0.25) is 0 Å². The molecule has 5 N–H and O–H groups in total. The van der Waals surface area contributed by atoms with Gasteiger partial charge >= 0.3 is 6.09 Å². The van der Waals surface area contributed by atoms with E-state index in [1.54, 1.807) is 24.3 Å². The molecule has 36 heavy (non-hydrogen) atoms. The molecule has 0 radical (unpaired) electrons. The number of rotatable bonds is 9. The number of ether oxygens (including phenoxy) is 1. The fourth-order valence-electron chi connectivity index (χ4n) is 4.03. The van der Waals surface area contributed by atoms with Crippen molar-refractivity contribution in [3.63, 3.8) is 0 Å². The van der Waals surface area contributed by atoms with Crippen LogP contribution >= 0.6 is 0 Å². The summed E-state index contributed by atoms with van der Waals surface area (Å²) in [6, 6.07) is 19.8. The van der Waals surface area contributed by atoms with Gasteiger partial charge in [-0.1, -0.05) is 50.2 Å². The van der Waals surface area contributed by atoms with Crippen molar-refractivity contribution >= 4 is 23.4 Å². The van der Waals surface area contributed by atoms with E-state index in [0.717, 1.165) is 23.6 Å². The summed E-state index contributed by atoms with van der Waals surface area (Å²) in [6.45, 7) is 4.76. The Morgan fingerprint density at radius 3 is 2.39 bits per heavy atom. The molecule has 1 saturated carbocycles. The van der Waals surface area contributed by atoms with E-state index in [9.17, 15) is 14.0 Å². The van der Waals surface area contributed by atoms with Crippen LogP contribution in [0, 0.1) is 5.82 Å². The first kappa shape index (κ1) is 25.2. The van der Waals surface area contributed by atoms with Crippen LogP contribution in [0.1, 0.15) is 53.2 Å². The number of hydrogen-bond acceptors (Lipinski definition) is 5. The van der Waals surface area contributed by atoms with Gasteiger partial charge in [-0.05, 0) is 53.4 Å². The number of nitrogen functional groups attached to an aromatic ring is 1. The van der Waals surface area contributed by atoms with Gasteiger partial charge in [0.25, 0.3) is 5.91 Å². The Balaban J connectivity index is 1.19. The molecule has 0 bridgehead atoms. The van der Waals surface area contributed by atoms with Crippen LogP contribution in [-0.2, 0) is 17.9 Å². The highest BCUT2D eigenvalue weighted by molar-refractivity contribution is 6.05. The minimum Gasteiger partial charge on any atom is -0.445 e. The summed E-state index contributed by atoms with van der Waals surface area (Å²) in [5, 5.41) is 8.92. The molecule has 0 saturated heterocycles. The van der Waals surface area contributed by atoms with Crippen LogP contribution < -0.4 is 21.7 Å². The SMILES string of the molecule is CC(C)NC1C[C@@H]1c1ccc(COC(=O)NCc2ccc(C(=O)Nc3ccc(F)cc3N)cc2)cc1. The van der Waals surface area contributed by atoms with Gasteiger partial charge in [0.15, 0.2) is 0 Å². The largest absolute Gasteiger partial charge is 0.445 e. The molecule has 2 atom stereocenters. The number of carbonyl (C=O) groups is 2. The Bertz CT molecular complexity index is 1210. The summed E-state index contributed by atoms with van der Waals surface area (Å²) in [7, 11) is 0. The van der Waals surface area contributed by atoms with E-state index < -0.39 is 11.9 Å². The van der Waals surface area contributed by atoms with Gasteiger partial charge in [-0.3, -0.25) is 4.79 Å². The third-order valence-electron chi connectivity index (χ3n) is 6.03. The molecule has 3 aromatic rings. The number of nitrogens with two attached hydrogens (primary N) is 1. The number of nitrogens with one attached hydrogen (secondary N) is 3. The number of anilines is 2. The predicted octanol–water partition coefficient (Wildman–Crippen LogP) is 4.94. The van der Waals surface area contributed by atoms with Crippen molar-refractivity contribution in [2.45, 2.75) is 51.4 Å². The molecule has 0 heterocycles. The monoisotopic (exact) mass is 490 g/mol. The number of benzene rings is 3. The molecular weight excluding hydrogens is 459 g/mol. The van der Waals surface area contributed by atoms with Gasteiger partial charge in [-0.2, -0.15) is 0 Å². The van der Waals surface area contributed by atoms with E-state index in [4.69, 9.17) is 10.5 Å². The van der Waals surface area contributed by atoms with Crippen LogP contribution in [0.5, 0.6) is 0 Å². The molecule has 8 heteroatoms. The molecule has 2 amide bonds. The Hall–Kier alpha value is -3.91. The molecule has 3 aromatic carbocycles. The summed E-state index contributed by atoms with van der Waals surface area (Å²) in [6.07, 6.45) is 0.640. The lowest BCUT2D eigenvalue weighted by Gasteiger charge is -2.10. The van der Waals surface area contributed by atoms with E-state index in [-0.39, 0.29) is 24.7 Å². The zero-order chi connectivity index (χ0) is 25.7. The maximum Gasteiger partial charge on any atom is 0.407 e. The van der Waals surface area contributed by atoms with Crippen molar-refractivity contribution in [3.8, 4) is 0 Å². The lowest BCUT2D eigenvalue weighted by molar-refractivity contribution is 0.102. The van der Waals surface area contributed by atoms with E-state index in [2.05, 4.69) is 41.9 Å². The molecule has 1 fully saturated rings. The molecule has 1 aliphatic carbocycles. The van der Waals surface area contributed by atoms with Crippen molar-refractivity contribution < 1.29 is 18.7 Å². The topological polar surface area (TPSA) is 105 Å². The van der Waals surface area contributed by atoms with Crippen LogP contribution in [0.25, 0.3) is 0 Å². The van der Waals surface area contributed by atoms with Gasteiger partial charge < -0.3 is 26.4 Å². The molecule has 1 unspecified atom stereocenters. The highest BCUT2D eigenvalue weighted by Crippen LogP contribution is 2.41. The van der Waals surface area contributed by atoms with E-state index in [1.165, 1.54) is 17.7 Å². The minimum absolute atomic E-state index is 0.147. The van der Waals surface area contributed by atoms with Gasteiger partial charge in [-0.15, -0.1) is 0 Å². The van der Waals surface area contributed by atoms with Crippen molar-refractivity contribution in [3.05, 3.63) is 94.8 Å². The van der Waals surface area contributed by atoms with Crippen LogP contribution in [0.2, 0.25) is 0 Å². The summed E-state index contributed by atoms with van der Waals surface area (Å²) in [5.74, 6) is -0.281. The van der Waals surface area contributed by atoms with Crippen molar-refractivity contribution in [2.24, 2.45) is 0 Å². The van der Waals surface area contributed by atoms with Crippen molar-refractivity contribution in [2.75, 3.05) is 11.1 Å². The first-order valence-corrected chi connectivity index (χ1v) is 12.0. The van der Waals surface area contributed by atoms with Crippen LogP contribution in [-0.4, -0.2) is 24.1 Å². The summed E-state index contributed by atoms with van der Waals surface area (Å²) in [4.78, 5) is 24.5. The summed E-state index contributed by atoms with van der Waals surface area (Å²) in [5.41, 5.74) is 9.67. The Morgan fingerprint density at radius 1 is 1.03 bits per heavy atom. The third kappa shape index (κ3) is 6.82. The molecule has 1 aliphatic rings. The van der Waals surface area contributed by atoms with Gasteiger partial charge in [0, 0.05) is 30.1 Å². The minimum atomic E-state index is -0.518. The molecule has 0 aromatic heterocycles. The van der Waals surface area contributed by atoms with Gasteiger partial charge in [0.1, 0.15) is 12.4 Å². The number of alkyl carbamates (subject to hydrolysis) is 1. The number of amides is 2. The molecule has 0 aliphatic heterocycles. The average Bonchev–Trinajstić information content (AvgIpc) is 3.62. The van der Waals surface area contributed by atoms with E-state index >= 15 is 0 Å². The average molecular weight is 491 g/mol. The smallest absolute Gasteiger partial charge is 0.407 e. The van der Waals surface area contributed by atoms with E-state index in [0.29, 0.717) is 29.3 Å². The predicted molar refractivity (Wildman–Crippen MR) is 138 cm³/mol. The zero-order valence-electron chi connectivity index (χ0n) is 20.4. The van der Waals surface area contributed by atoms with Crippen LogP contribution in [0.15, 0.2) is 66.7 Å². The summed E-state index contributed by atoms with van der Waals surface area (Å²) < 4.78 is 18.5. The second-order valence-electron chi connectivity index (χ2n) is 9.32. The Labute approximate surface area is 210 Å². The fourth-order valence-corrected chi connectivity index (χ4v) is 4.03. The Morgan fingerprint density at radius 2 is 1.72 bits per heavy atom. The maximum absolute atomic E-state index is 13.2. The van der Waals surface area contributed by atoms with Gasteiger partial charge in [0.05, 0.1) is 11.4 Å². The Kier molecular flexibility index (Phi) is 7.85. The molecule has 7 nitrogen and oxygen atoms in total. The highest BCUT2D eigenvalue weighted by atomic mass is 19.1.